The summed E-state index contributed by atoms with van der Waals surface area (Å²) in [6.45, 7) is 1.68. The van der Waals surface area contributed by atoms with Crippen LogP contribution in [0.2, 0.25) is 0 Å². The van der Waals surface area contributed by atoms with Crippen LogP contribution >= 0.6 is 12.2 Å². The molecule has 3 rings (SSSR count). The Bertz CT molecular complexity index is 848. The molecule has 0 bridgehead atoms. The van der Waals surface area contributed by atoms with Gasteiger partial charge in [-0.25, -0.2) is 0 Å². The molecule has 0 saturated heterocycles. The molecule has 0 unspecified atom stereocenters. The number of hydrogen-bond acceptors (Lipinski definition) is 3. The molecule has 0 saturated carbocycles. The lowest BCUT2D eigenvalue weighted by molar-refractivity contribution is 0.113. The van der Waals surface area contributed by atoms with E-state index in [1.54, 1.807) is 6.20 Å². The van der Waals surface area contributed by atoms with Crippen LogP contribution in [0, 0.1) is 4.77 Å². The van der Waals surface area contributed by atoms with E-state index in [0.29, 0.717) is 30.0 Å². The number of ether oxygens (including phenoxy) is 1. The van der Waals surface area contributed by atoms with Crippen LogP contribution in [0.3, 0.4) is 0 Å². The third-order valence-electron chi connectivity index (χ3n) is 3.28. The van der Waals surface area contributed by atoms with Gasteiger partial charge in [0, 0.05) is 12.7 Å². The van der Waals surface area contributed by atoms with Crippen molar-refractivity contribution in [2.45, 2.75) is 13.2 Å². The van der Waals surface area contributed by atoms with Gasteiger partial charge in [0.25, 0.3) is 5.56 Å². The van der Waals surface area contributed by atoms with Crippen molar-refractivity contribution < 1.29 is 4.74 Å². The third kappa shape index (κ3) is 2.96. The molecule has 0 spiro atoms. The van der Waals surface area contributed by atoms with Crippen LogP contribution in [-0.2, 0) is 17.9 Å². The largest absolute Gasteiger partial charge is 0.375 e. The second kappa shape index (κ2) is 6.07. The van der Waals surface area contributed by atoms with Crippen molar-refractivity contribution in [3.63, 3.8) is 0 Å². The van der Waals surface area contributed by atoms with Gasteiger partial charge in [-0.15, -0.1) is 0 Å². The first kappa shape index (κ1) is 13.8. The average Bonchev–Trinajstić information content (AvgIpc) is 2.97. The summed E-state index contributed by atoms with van der Waals surface area (Å²) in [5, 5.41) is 0. The molecule has 2 aromatic heterocycles. The predicted octanol–water partition coefficient (Wildman–Crippen LogP) is 2.60. The fraction of sp³-hybridized carbons (Fsp3) is 0.200. The first-order chi connectivity index (χ1) is 10.3. The molecule has 2 N–H and O–H groups in total. The van der Waals surface area contributed by atoms with Crippen LogP contribution in [0.25, 0.3) is 11.0 Å². The molecule has 21 heavy (non-hydrogen) atoms. The number of rotatable bonds is 5. The molecule has 0 fully saturated rings. The van der Waals surface area contributed by atoms with E-state index in [1.807, 2.05) is 41.0 Å². The Labute approximate surface area is 126 Å². The van der Waals surface area contributed by atoms with Gasteiger partial charge >= 0.3 is 0 Å². The minimum Gasteiger partial charge on any atom is -0.375 e. The molecule has 0 radical (unpaired) electrons. The number of hydrogen-bond donors (Lipinski definition) is 2. The van der Waals surface area contributed by atoms with E-state index in [1.165, 1.54) is 0 Å². The monoisotopic (exact) mass is 301 g/mol. The molecule has 6 heteroatoms. The highest BCUT2D eigenvalue weighted by Gasteiger charge is 2.05. The number of aromatic nitrogens is 3. The highest BCUT2D eigenvalue weighted by molar-refractivity contribution is 7.71. The maximum Gasteiger partial charge on any atom is 0.276 e. The molecule has 5 nitrogen and oxygen atoms in total. The molecule has 0 aliphatic heterocycles. The van der Waals surface area contributed by atoms with Crippen LogP contribution in [0.4, 0.5) is 0 Å². The van der Waals surface area contributed by atoms with Crippen LogP contribution in [-0.4, -0.2) is 21.1 Å². The highest BCUT2D eigenvalue weighted by atomic mass is 32.1. The lowest BCUT2D eigenvalue weighted by Crippen LogP contribution is -2.16. The second-order valence-electron chi connectivity index (χ2n) is 4.69. The van der Waals surface area contributed by atoms with Crippen LogP contribution < -0.4 is 5.56 Å². The average molecular weight is 301 g/mol. The zero-order valence-electron chi connectivity index (χ0n) is 11.3. The van der Waals surface area contributed by atoms with Crippen LogP contribution in [0.15, 0.2) is 47.4 Å². The Morgan fingerprint density at radius 3 is 2.81 bits per heavy atom. The minimum atomic E-state index is -0.193. The van der Waals surface area contributed by atoms with Gasteiger partial charge in [0.1, 0.15) is 5.52 Å². The Morgan fingerprint density at radius 2 is 2.00 bits per heavy atom. The number of H-pyrrole nitrogens is 2. The van der Waals surface area contributed by atoms with Crippen molar-refractivity contribution in [3.8, 4) is 0 Å². The summed E-state index contributed by atoms with van der Waals surface area (Å²) in [7, 11) is 0. The van der Waals surface area contributed by atoms with E-state index in [4.69, 9.17) is 17.0 Å². The van der Waals surface area contributed by atoms with Gasteiger partial charge in [-0.2, -0.15) is 0 Å². The predicted molar refractivity (Wildman–Crippen MR) is 83.8 cm³/mol. The van der Waals surface area contributed by atoms with E-state index in [9.17, 15) is 4.79 Å². The van der Waals surface area contributed by atoms with Gasteiger partial charge in [0.05, 0.1) is 18.7 Å². The lowest BCUT2D eigenvalue weighted by atomic mass is 10.2. The Balaban J connectivity index is 1.70. The Hall–Kier alpha value is -2.18. The van der Waals surface area contributed by atoms with Gasteiger partial charge in [0.15, 0.2) is 4.77 Å². The summed E-state index contributed by atoms with van der Waals surface area (Å²) < 4.78 is 7.95. The number of fused-ring (bicyclic) bond motifs is 1. The Kier molecular flexibility index (Phi) is 3.98. The normalized spacial score (nSPS) is 11.0. The molecule has 3 aromatic rings. The van der Waals surface area contributed by atoms with Crippen molar-refractivity contribution >= 4 is 23.3 Å². The molecule has 1 aromatic carbocycles. The Morgan fingerprint density at radius 1 is 1.19 bits per heavy atom. The van der Waals surface area contributed by atoms with Crippen LogP contribution in [0.5, 0.6) is 0 Å². The van der Waals surface area contributed by atoms with Gasteiger partial charge in [0.2, 0.25) is 0 Å². The van der Waals surface area contributed by atoms with E-state index in [-0.39, 0.29) is 5.56 Å². The van der Waals surface area contributed by atoms with Crippen molar-refractivity contribution in [3.05, 3.63) is 63.3 Å². The highest BCUT2D eigenvalue weighted by Crippen LogP contribution is 2.08. The summed E-state index contributed by atoms with van der Waals surface area (Å²) in [4.78, 5) is 17.3. The second-order valence-corrected chi connectivity index (χ2v) is 5.07. The van der Waals surface area contributed by atoms with Gasteiger partial charge < -0.3 is 14.3 Å². The first-order valence-corrected chi connectivity index (χ1v) is 7.08. The number of nitrogens with one attached hydrogen (secondary N) is 2. The van der Waals surface area contributed by atoms with Gasteiger partial charge in [-0.1, -0.05) is 30.3 Å². The van der Waals surface area contributed by atoms with Crippen LogP contribution in [0.1, 0.15) is 5.56 Å². The SMILES string of the molecule is O=c1[nH]c(=S)n(CCOCc2ccccc2)c2cc[nH]c12. The zero-order chi connectivity index (χ0) is 14.7. The fourth-order valence-corrected chi connectivity index (χ4v) is 2.53. The molecule has 2 heterocycles. The standard InChI is InChI=1S/C15H15N3O2S/c19-14-13-12(6-7-16-13)18(15(21)17-14)8-9-20-10-11-4-2-1-3-5-11/h1-7,16H,8-10H2,(H,17,19,21). The maximum absolute atomic E-state index is 11.7. The summed E-state index contributed by atoms with van der Waals surface area (Å²) in [6.07, 6.45) is 1.73. The van der Waals surface area contributed by atoms with Crippen molar-refractivity contribution in [1.82, 2.24) is 14.5 Å². The summed E-state index contributed by atoms with van der Waals surface area (Å²) in [6, 6.07) is 11.8. The van der Waals surface area contributed by atoms with Crippen molar-refractivity contribution in [2.24, 2.45) is 0 Å². The molecule has 0 aliphatic rings. The summed E-state index contributed by atoms with van der Waals surface area (Å²) >= 11 is 5.21. The third-order valence-corrected chi connectivity index (χ3v) is 3.60. The minimum absolute atomic E-state index is 0.193. The van der Waals surface area contributed by atoms with E-state index in [2.05, 4.69) is 9.97 Å². The van der Waals surface area contributed by atoms with Gasteiger partial charge in [-0.05, 0) is 23.8 Å². The smallest absolute Gasteiger partial charge is 0.276 e. The van der Waals surface area contributed by atoms with E-state index < -0.39 is 0 Å². The van der Waals surface area contributed by atoms with Gasteiger partial charge in [-0.3, -0.25) is 9.78 Å². The number of benzene rings is 1. The zero-order valence-corrected chi connectivity index (χ0v) is 12.2. The maximum atomic E-state index is 11.7. The molecular formula is C15H15N3O2S. The van der Waals surface area contributed by atoms with E-state index in [0.717, 1.165) is 11.1 Å². The fourth-order valence-electron chi connectivity index (χ4n) is 2.25. The van der Waals surface area contributed by atoms with Crippen molar-refractivity contribution in [2.75, 3.05) is 6.61 Å². The molecule has 0 atom stereocenters. The number of aromatic amines is 2. The topological polar surface area (TPSA) is 62.8 Å². The first-order valence-electron chi connectivity index (χ1n) is 6.67. The lowest BCUT2D eigenvalue weighted by Gasteiger charge is -2.09. The summed E-state index contributed by atoms with van der Waals surface area (Å²) in [5.74, 6) is 0. The summed E-state index contributed by atoms with van der Waals surface area (Å²) in [5.41, 5.74) is 2.27. The number of nitrogens with zero attached hydrogens (tertiary/aromatic N) is 1. The van der Waals surface area contributed by atoms with Crippen molar-refractivity contribution in [1.29, 1.82) is 0 Å². The molecule has 0 amide bonds. The molecule has 0 aliphatic carbocycles. The molecular weight excluding hydrogens is 286 g/mol. The van der Waals surface area contributed by atoms with E-state index >= 15 is 0 Å². The molecule has 108 valence electrons. The quantitative estimate of drug-likeness (QED) is 0.562.